The van der Waals surface area contributed by atoms with Gasteiger partial charge in [-0.05, 0) is 35.7 Å². The monoisotopic (exact) mass is 257 g/mol. The summed E-state index contributed by atoms with van der Waals surface area (Å²) in [6, 6.07) is 12.4. The van der Waals surface area contributed by atoms with E-state index in [1.54, 1.807) is 35.6 Å². The van der Waals surface area contributed by atoms with Crippen LogP contribution in [0.1, 0.15) is 10.4 Å². The summed E-state index contributed by atoms with van der Waals surface area (Å²) in [6.45, 7) is 0.514. The zero-order valence-electron chi connectivity index (χ0n) is 9.51. The fourth-order valence-corrected chi connectivity index (χ4v) is 2.03. The van der Waals surface area contributed by atoms with Crippen LogP contribution < -0.4 is 10.6 Å². The van der Waals surface area contributed by atoms with Crippen molar-refractivity contribution in [3.63, 3.8) is 0 Å². The van der Waals surface area contributed by atoms with Gasteiger partial charge in [0, 0.05) is 10.6 Å². The van der Waals surface area contributed by atoms with Crippen LogP contribution in [0.5, 0.6) is 0 Å². The number of urea groups is 1. The van der Waals surface area contributed by atoms with Crippen LogP contribution in [0.3, 0.4) is 0 Å². The average Bonchev–Trinajstić information content (AvgIpc) is 2.90. The molecule has 2 aromatic rings. The predicted octanol–water partition coefficient (Wildman–Crippen LogP) is 2.94. The molecule has 0 radical (unpaired) electrons. The highest BCUT2D eigenvalue weighted by Gasteiger charge is 2.02. The number of benzene rings is 1. The van der Waals surface area contributed by atoms with Crippen molar-refractivity contribution in [1.82, 2.24) is 5.32 Å². The third-order valence-electron chi connectivity index (χ3n) is 2.28. The number of thiophene rings is 1. The molecule has 1 aromatic heterocycles. The Morgan fingerprint density at radius 1 is 1.28 bits per heavy atom. The van der Waals surface area contributed by atoms with Gasteiger partial charge < -0.3 is 10.6 Å². The summed E-state index contributed by atoms with van der Waals surface area (Å²) >= 11 is 1.60. The van der Waals surface area contributed by atoms with Gasteiger partial charge in [0.05, 0.1) is 18.2 Å². The van der Waals surface area contributed by atoms with Crippen LogP contribution >= 0.6 is 11.3 Å². The molecule has 2 rings (SSSR count). The number of anilines is 1. The molecule has 1 aromatic carbocycles. The molecular formula is C13H11N3OS. The van der Waals surface area contributed by atoms with Crippen molar-refractivity contribution in [2.24, 2.45) is 0 Å². The first-order chi connectivity index (χ1) is 8.78. The fourth-order valence-electron chi connectivity index (χ4n) is 1.38. The molecule has 0 aliphatic carbocycles. The van der Waals surface area contributed by atoms with Gasteiger partial charge in [0.1, 0.15) is 0 Å². The largest absolute Gasteiger partial charge is 0.333 e. The number of amides is 2. The molecule has 0 saturated carbocycles. The van der Waals surface area contributed by atoms with Gasteiger partial charge >= 0.3 is 6.03 Å². The summed E-state index contributed by atoms with van der Waals surface area (Å²) in [7, 11) is 0. The van der Waals surface area contributed by atoms with Gasteiger partial charge in [-0.25, -0.2) is 4.79 Å². The van der Waals surface area contributed by atoms with Crippen LogP contribution in [0, 0.1) is 11.3 Å². The van der Waals surface area contributed by atoms with Crippen molar-refractivity contribution >= 4 is 23.1 Å². The van der Waals surface area contributed by atoms with Gasteiger partial charge in [0.15, 0.2) is 0 Å². The second-order valence-electron chi connectivity index (χ2n) is 3.58. The van der Waals surface area contributed by atoms with E-state index >= 15 is 0 Å². The lowest BCUT2D eigenvalue weighted by atomic mass is 10.2. The number of nitriles is 1. The molecule has 18 heavy (non-hydrogen) atoms. The zero-order valence-corrected chi connectivity index (χ0v) is 10.3. The minimum atomic E-state index is -0.256. The predicted molar refractivity (Wildman–Crippen MR) is 71.3 cm³/mol. The molecule has 2 amide bonds. The average molecular weight is 257 g/mol. The second kappa shape index (κ2) is 5.84. The maximum Gasteiger partial charge on any atom is 0.319 e. The van der Waals surface area contributed by atoms with Crippen LogP contribution in [0.15, 0.2) is 41.8 Å². The van der Waals surface area contributed by atoms with Gasteiger partial charge in [0.25, 0.3) is 0 Å². The molecule has 90 valence electrons. The Morgan fingerprint density at radius 3 is 2.67 bits per heavy atom. The maximum absolute atomic E-state index is 11.6. The number of carbonyl (C=O) groups is 1. The highest BCUT2D eigenvalue weighted by atomic mass is 32.1. The van der Waals surface area contributed by atoms with Gasteiger partial charge in [-0.1, -0.05) is 6.07 Å². The van der Waals surface area contributed by atoms with E-state index in [0.717, 1.165) is 4.88 Å². The highest BCUT2D eigenvalue weighted by molar-refractivity contribution is 7.09. The number of nitrogens with zero attached hydrogens (tertiary/aromatic N) is 1. The van der Waals surface area contributed by atoms with E-state index in [9.17, 15) is 4.79 Å². The van der Waals surface area contributed by atoms with Crippen LogP contribution in [-0.2, 0) is 6.54 Å². The van der Waals surface area contributed by atoms with Crippen molar-refractivity contribution < 1.29 is 4.79 Å². The molecule has 0 aliphatic heterocycles. The quantitative estimate of drug-likeness (QED) is 0.887. The lowest BCUT2D eigenvalue weighted by Crippen LogP contribution is -2.27. The molecule has 2 N–H and O–H groups in total. The summed E-state index contributed by atoms with van der Waals surface area (Å²) in [5.74, 6) is 0. The lowest BCUT2D eigenvalue weighted by molar-refractivity contribution is 0.252. The summed E-state index contributed by atoms with van der Waals surface area (Å²) in [5, 5.41) is 16.1. The maximum atomic E-state index is 11.6. The molecular weight excluding hydrogens is 246 g/mol. The summed E-state index contributed by atoms with van der Waals surface area (Å²) in [4.78, 5) is 12.7. The Bertz CT molecular complexity index is 555. The van der Waals surface area contributed by atoms with Crippen molar-refractivity contribution in [1.29, 1.82) is 5.26 Å². The molecule has 1 heterocycles. The summed E-state index contributed by atoms with van der Waals surface area (Å²) in [5.41, 5.74) is 1.23. The van der Waals surface area contributed by atoms with Crippen LogP contribution in [-0.4, -0.2) is 6.03 Å². The van der Waals surface area contributed by atoms with E-state index in [1.165, 1.54) is 0 Å². The number of nitrogens with one attached hydrogen (secondary N) is 2. The van der Waals surface area contributed by atoms with E-state index in [1.807, 2.05) is 23.6 Å². The minimum Gasteiger partial charge on any atom is -0.333 e. The lowest BCUT2D eigenvalue weighted by Gasteiger charge is -2.06. The Morgan fingerprint density at radius 2 is 2.06 bits per heavy atom. The Labute approximate surface area is 109 Å². The third-order valence-corrected chi connectivity index (χ3v) is 3.15. The molecule has 0 aliphatic rings. The van der Waals surface area contributed by atoms with Crippen LogP contribution in [0.25, 0.3) is 0 Å². The minimum absolute atomic E-state index is 0.256. The number of hydrogen-bond acceptors (Lipinski definition) is 3. The SMILES string of the molecule is N#Cc1ccc(NC(=O)NCc2cccs2)cc1. The fraction of sp³-hybridized carbons (Fsp3) is 0.0769. The molecule has 0 saturated heterocycles. The number of hydrogen-bond donors (Lipinski definition) is 2. The van der Waals surface area contributed by atoms with Gasteiger partial charge in [0.2, 0.25) is 0 Å². The molecule has 0 fully saturated rings. The van der Waals surface area contributed by atoms with Crippen molar-refractivity contribution in [3.05, 3.63) is 52.2 Å². The first kappa shape index (κ1) is 12.1. The summed E-state index contributed by atoms with van der Waals surface area (Å²) in [6.07, 6.45) is 0. The number of rotatable bonds is 3. The molecule has 0 bridgehead atoms. The Balaban J connectivity index is 1.85. The normalized spacial score (nSPS) is 9.50. The summed E-state index contributed by atoms with van der Waals surface area (Å²) < 4.78 is 0. The van der Waals surface area contributed by atoms with E-state index in [-0.39, 0.29) is 6.03 Å². The smallest absolute Gasteiger partial charge is 0.319 e. The van der Waals surface area contributed by atoms with Crippen molar-refractivity contribution in [2.45, 2.75) is 6.54 Å². The molecule has 5 heteroatoms. The first-order valence-corrected chi connectivity index (χ1v) is 6.23. The van der Waals surface area contributed by atoms with E-state index in [2.05, 4.69) is 10.6 Å². The third kappa shape index (κ3) is 3.34. The van der Waals surface area contributed by atoms with Gasteiger partial charge in [-0.3, -0.25) is 0 Å². The second-order valence-corrected chi connectivity index (χ2v) is 4.61. The molecule has 0 spiro atoms. The standard InChI is InChI=1S/C13H11N3OS/c14-8-10-3-5-11(6-4-10)16-13(17)15-9-12-2-1-7-18-12/h1-7H,9H2,(H2,15,16,17). The Kier molecular flexibility index (Phi) is 3.94. The van der Waals surface area contributed by atoms with E-state index in [0.29, 0.717) is 17.8 Å². The molecule has 0 unspecified atom stereocenters. The van der Waals surface area contributed by atoms with E-state index < -0.39 is 0 Å². The zero-order chi connectivity index (χ0) is 12.8. The topological polar surface area (TPSA) is 64.9 Å². The number of carbonyl (C=O) groups excluding carboxylic acids is 1. The highest BCUT2D eigenvalue weighted by Crippen LogP contribution is 2.09. The van der Waals surface area contributed by atoms with Gasteiger partial charge in [-0.2, -0.15) is 5.26 Å². The van der Waals surface area contributed by atoms with Crippen LogP contribution in [0.2, 0.25) is 0 Å². The van der Waals surface area contributed by atoms with Crippen molar-refractivity contribution in [2.75, 3.05) is 5.32 Å². The molecule has 4 nitrogen and oxygen atoms in total. The van der Waals surface area contributed by atoms with Crippen molar-refractivity contribution in [3.8, 4) is 6.07 Å². The van der Waals surface area contributed by atoms with Crippen LogP contribution in [0.4, 0.5) is 10.5 Å². The first-order valence-electron chi connectivity index (χ1n) is 5.35. The van der Waals surface area contributed by atoms with E-state index in [4.69, 9.17) is 5.26 Å². The van der Waals surface area contributed by atoms with Gasteiger partial charge in [-0.15, -0.1) is 11.3 Å². The molecule has 0 atom stereocenters. The Hall–Kier alpha value is -2.32.